The lowest BCUT2D eigenvalue weighted by Crippen LogP contribution is -3.10. The Bertz CT molecular complexity index is 774. The van der Waals surface area contributed by atoms with Gasteiger partial charge in [0.2, 0.25) is 0 Å². The van der Waals surface area contributed by atoms with Gasteiger partial charge in [-0.3, -0.25) is 4.79 Å². The van der Waals surface area contributed by atoms with E-state index in [-0.39, 0.29) is 5.43 Å². The van der Waals surface area contributed by atoms with Crippen LogP contribution in [0.2, 0.25) is 0 Å². The summed E-state index contributed by atoms with van der Waals surface area (Å²) in [5, 5.41) is 0.634. The number of hydrogen-bond acceptors (Lipinski definition) is 3. The molecule has 1 saturated heterocycles. The lowest BCUT2D eigenvalue weighted by atomic mass is 10.1. The number of carbonyl (C=O) groups excluding carboxylic acids is 1. The van der Waals surface area contributed by atoms with Crippen molar-refractivity contribution in [3.05, 3.63) is 45.7 Å². The van der Waals surface area contributed by atoms with Gasteiger partial charge in [-0.05, 0) is 44.7 Å². The average molecular weight is 329 g/mol. The Balaban J connectivity index is 2.05. The maximum atomic E-state index is 13.0. The summed E-state index contributed by atoms with van der Waals surface area (Å²) in [6, 6.07) is 7.34. The van der Waals surface area contributed by atoms with Gasteiger partial charge in [0, 0.05) is 10.9 Å². The molecule has 1 aliphatic heterocycles. The predicted molar refractivity (Wildman–Crippen MR) is 93.4 cm³/mol. The first-order valence-corrected chi connectivity index (χ1v) is 8.85. The van der Waals surface area contributed by atoms with E-state index < -0.39 is 5.97 Å². The number of quaternary nitrogens is 1. The molecule has 1 aromatic heterocycles. The largest absolute Gasteiger partial charge is 0.461 e. The fourth-order valence-corrected chi connectivity index (χ4v) is 3.48. The highest BCUT2D eigenvalue weighted by Crippen LogP contribution is 2.12. The molecule has 0 unspecified atom stereocenters. The van der Waals surface area contributed by atoms with Crippen LogP contribution in [0.25, 0.3) is 10.9 Å². The summed E-state index contributed by atoms with van der Waals surface area (Å²) in [7, 11) is 0. The molecule has 0 atom stereocenters. The van der Waals surface area contributed by atoms with Gasteiger partial charge in [0.15, 0.2) is 5.43 Å². The highest BCUT2D eigenvalue weighted by Gasteiger charge is 2.23. The van der Waals surface area contributed by atoms with E-state index in [1.807, 2.05) is 24.3 Å². The van der Waals surface area contributed by atoms with Crippen LogP contribution in [-0.2, 0) is 11.3 Å². The van der Waals surface area contributed by atoms with E-state index >= 15 is 0 Å². The summed E-state index contributed by atoms with van der Waals surface area (Å²) in [4.78, 5) is 29.9. The first kappa shape index (κ1) is 16.7. The molecule has 0 spiro atoms. The zero-order valence-electron chi connectivity index (χ0n) is 14.2. The second-order valence-electron chi connectivity index (χ2n) is 6.41. The molecular weight excluding hydrogens is 304 g/mol. The second kappa shape index (κ2) is 7.62. The van der Waals surface area contributed by atoms with Crippen LogP contribution in [0, 0.1) is 0 Å². The highest BCUT2D eigenvalue weighted by molar-refractivity contribution is 5.92. The smallest absolute Gasteiger partial charge is 0.355 e. The minimum Gasteiger partial charge on any atom is -0.461 e. The number of pyridine rings is 1. The van der Waals surface area contributed by atoms with Crippen LogP contribution in [0.5, 0.6) is 0 Å². The van der Waals surface area contributed by atoms with Crippen molar-refractivity contribution in [3.8, 4) is 0 Å². The minimum absolute atomic E-state index is 0.0517. The van der Waals surface area contributed by atoms with Crippen molar-refractivity contribution in [1.82, 2.24) is 4.98 Å². The van der Waals surface area contributed by atoms with Gasteiger partial charge in [0.1, 0.15) is 12.2 Å². The number of esters is 1. The van der Waals surface area contributed by atoms with Crippen LogP contribution in [0.4, 0.5) is 0 Å². The van der Waals surface area contributed by atoms with Crippen LogP contribution in [-0.4, -0.2) is 30.6 Å². The lowest BCUT2D eigenvalue weighted by molar-refractivity contribution is -0.913. The van der Waals surface area contributed by atoms with Crippen molar-refractivity contribution < 1.29 is 14.4 Å². The fourth-order valence-electron chi connectivity index (χ4n) is 3.48. The van der Waals surface area contributed by atoms with Crippen molar-refractivity contribution in [2.45, 2.75) is 39.2 Å². The molecule has 5 heteroatoms. The topological polar surface area (TPSA) is 63.6 Å². The van der Waals surface area contributed by atoms with E-state index in [0.717, 1.165) is 13.1 Å². The van der Waals surface area contributed by atoms with Crippen molar-refractivity contribution in [2.75, 3.05) is 19.7 Å². The van der Waals surface area contributed by atoms with Crippen LogP contribution in [0.3, 0.4) is 0 Å². The van der Waals surface area contributed by atoms with Crippen molar-refractivity contribution >= 4 is 16.9 Å². The predicted octanol–water partition coefficient (Wildman–Crippen LogP) is 1.66. The molecular formula is C19H25N2O3+. The van der Waals surface area contributed by atoms with Gasteiger partial charge in [-0.1, -0.05) is 12.1 Å². The molecule has 1 fully saturated rings. The molecule has 1 aliphatic rings. The Kier molecular flexibility index (Phi) is 5.30. The monoisotopic (exact) mass is 329 g/mol. The Labute approximate surface area is 141 Å². The van der Waals surface area contributed by atoms with E-state index in [4.69, 9.17) is 4.74 Å². The van der Waals surface area contributed by atoms with E-state index in [2.05, 4.69) is 4.98 Å². The van der Waals surface area contributed by atoms with Crippen LogP contribution in [0.15, 0.2) is 29.1 Å². The molecule has 128 valence electrons. The molecule has 0 aliphatic carbocycles. The maximum Gasteiger partial charge on any atom is 0.355 e. The molecule has 0 bridgehead atoms. The maximum absolute atomic E-state index is 13.0. The molecule has 3 rings (SSSR count). The van der Waals surface area contributed by atoms with E-state index in [0.29, 0.717) is 35.3 Å². The third kappa shape index (κ3) is 3.51. The molecule has 5 nitrogen and oxygen atoms in total. The molecule has 2 N–H and O–H groups in total. The number of rotatable bonds is 4. The van der Waals surface area contributed by atoms with Gasteiger partial charge in [-0.15, -0.1) is 0 Å². The molecule has 2 heterocycles. The number of aromatic amines is 1. The van der Waals surface area contributed by atoms with Gasteiger partial charge in [0.25, 0.3) is 0 Å². The number of carbonyl (C=O) groups is 1. The van der Waals surface area contributed by atoms with Crippen molar-refractivity contribution in [3.63, 3.8) is 0 Å². The zero-order chi connectivity index (χ0) is 16.9. The quantitative estimate of drug-likeness (QED) is 0.839. The zero-order valence-corrected chi connectivity index (χ0v) is 14.2. The first-order chi connectivity index (χ1) is 11.7. The summed E-state index contributed by atoms with van der Waals surface area (Å²) < 4.78 is 5.17. The van der Waals surface area contributed by atoms with E-state index in [1.165, 1.54) is 30.6 Å². The van der Waals surface area contributed by atoms with Gasteiger partial charge in [0.05, 0.1) is 25.3 Å². The molecule has 0 radical (unpaired) electrons. The Morgan fingerprint density at radius 1 is 1.17 bits per heavy atom. The van der Waals surface area contributed by atoms with Crippen LogP contribution in [0.1, 0.15) is 48.7 Å². The van der Waals surface area contributed by atoms with Crippen LogP contribution >= 0.6 is 0 Å². The number of aromatic nitrogens is 1. The summed E-state index contributed by atoms with van der Waals surface area (Å²) in [6.07, 6.45) is 4.86. The molecule has 24 heavy (non-hydrogen) atoms. The molecule has 2 aromatic rings. The number of H-pyrrole nitrogens is 1. The number of hydrogen-bond donors (Lipinski definition) is 2. The van der Waals surface area contributed by atoms with Gasteiger partial charge < -0.3 is 14.6 Å². The Hall–Kier alpha value is -2.14. The fraction of sp³-hybridized carbons (Fsp3) is 0.474. The summed E-state index contributed by atoms with van der Waals surface area (Å²) >= 11 is 0. The highest BCUT2D eigenvalue weighted by atomic mass is 16.5. The Morgan fingerprint density at radius 2 is 1.88 bits per heavy atom. The molecule has 0 amide bonds. The number of para-hydroxylation sites is 1. The van der Waals surface area contributed by atoms with Gasteiger partial charge in [-0.25, -0.2) is 4.79 Å². The first-order valence-electron chi connectivity index (χ1n) is 8.85. The molecule has 0 saturated carbocycles. The van der Waals surface area contributed by atoms with Crippen molar-refractivity contribution in [1.29, 1.82) is 0 Å². The Morgan fingerprint density at radius 3 is 2.58 bits per heavy atom. The lowest BCUT2D eigenvalue weighted by Gasteiger charge is -2.18. The number of benzene rings is 1. The third-order valence-electron chi connectivity index (χ3n) is 4.72. The SMILES string of the molecule is CCOC(=O)c1[nH]c2ccccc2c(=O)c1C[NH+]1CCCCCC1. The van der Waals surface area contributed by atoms with Crippen molar-refractivity contribution in [2.24, 2.45) is 0 Å². The van der Waals surface area contributed by atoms with Gasteiger partial charge >= 0.3 is 5.97 Å². The minimum atomic E-state index is -0.440. The number of likely N-dealkylation sites (tertiary alicyclic amines) is 1. The number of ether oxygens (including phenoxy) is 1. The van der Waals surface area contributed by atoms with Crippen LogP contribution < -0.4 is 10.3 Å². The standard InChI is InChI=1S/C19H24N2O3/c1-2-24-19(23)17-15(13-21-11-7-3-4-8-12-21)18(22)14-9-5-6-10-16(14)20-17/h5-6,9-10H,2-4,7-8,11-13H2,1H3,(H,20,22)/p+1. The second-order valence-corrected chi connectivity index (χ2v) is 6.41. The summed E-state index contributed by atoms with van der Waals surface area (Å²) in [5.74, 6) is -0.440. The third-order valence-corrected chi connectivity index (χ3v) is 4.72. The number of fused-ring (bicyclic) bond motifs is 1. The average Bonchev–Trinajstić information content (AvgIpc) is 2.86. The van der Waals surface area contributed by atoms with E-state index in [1.54, 1.807) is 6.92 Å². The summed E-state index contributed by atoms with van der Waals surface area (Å²) in [6.45, 7) is 4.75. The normalized spacial score (nSPS) is 16.0. The number of nitrogens with one attached hydrogen (secondary N) is 2. The van der Waals surface area contributed by atoms with E-state index in [9.17, 15) is 9.59 Å². The molecule has 1 aromatic carbocycles. The summed E-state index contributed by atoms with van der Waals surface area (Å²) in [5.41, 5.74) is 1.51. The van der Waals surface area contributed by atoms with Gasteiger partial charge in [-0.2, -0.15) is 0 Å².